The van der Waals surface area contributed by atoms with Gasteiger partial charge in [-0.3, -0.25) is 10.1 Å². The number of nitrogens with one attached hydrogen (secondary N) is 1. The molecule has 1 amide bonds. The summed E-state index contributed by atoms with van der Waals surface area (Å²) in [6, 6.07) is 9.53. The Morgan fingerprint density at radius 2 is 1.57 bits per heavy atom. The molecule has 1 saturated heterocycles. The van der Waals surface area contributed by atoms with Crippen LogP contribution < -0.4 is 10.2 Å². The number of aryl methyl sites for hydroxylation is 1. The van der Waals surface area contributed by atoms with Crippen molar-refractivity contribution in [2.75, 3.05) is 10.2 Å². The van der Waals surface area contributed by atoms with Crippen LogP contribution >= 0.6 is 0 Å². The summed E-state index contributed by atoms with van der Waals surface area (Å²) < 4.78 is 8.64. The van der Waals surface area contributed by atoms with Crippen LogP contribution in [0.1, 0.15) is 16.2 Å². The van der Waals surface area contributed by atoms with Crippen LogP contribution in [0, 0.1) is 6.92 Å². The maximum absolute atomic E-state index is 13.4. The lowest BCUT2D eigenvalue weighted by atomic mass is 9.30. The third-order valence-corrected chi connectivity index (χ3v) is 9.14. The highest BCUT2D eigenvalue weighted by Crippen LogP contribution is 2.42. The van der Waals surface area contributed by atoms with Crippen LogP contribution in [0.4, 0.5) is 11.8 Å². The van der Waals surface area contributed by atoms with E-state index in [9.17, 15) is 4.79 Å². The number of nitrogens with zero attached hydrogens (tertiary/aromatic N) is 6. The van der Waals surface area contributed by atoms with E-state index in [0.717, 1.165) is 28.0 Å². The summed E-state index contributed by atoms with van der Waals surface area (Å²) in [5.74, 6) is 1.58. The molecule has 4 heterocycles. The third-order valence-electron chi connectivity index (χ3n) is 9.14. The van der Waals surface area contributed by atoms with E-state index in [2.05, 4.69) is 87.9 Å². The number of anilines is 2. The molecule has 4 aromatic rings. The fraction of sp³-hybridized carbons (Fsp3) is 0.261. The predicted molar refractivity (Wildman–Crippen MR) is 182 cm³/mol. The molecule has 3 aromatic heterocycles. The van der Waals surface area contributed by atoms with Crippen LogP contribution in [0.3, 0.4) is 0 Å². The van der Waals surface area contributed by atoms with Crippen molar-refractivity contribution >= 4 is 91.3 Å². The molecule has 194 valence electrons. The minimum Gasteiger partial charge on any atom is -0.402 e. The Kier molecular flexibility index (Phi) is 6.60. The van der Waals surface area contributed by atoms with Crippen LogP contribution in [-0.2, 0) is 11.8 Å². The van der Waals surface area contributed by atoms with Gasteiger partial charge in [-0.25, -0.2) is 19.9 Å². The van der Waals surface area contributed by atoms with Crippen molar-refractivity contribution in [1.29, 1.82) is 0 Å². The predicted octanol–water partition coefficient (Wildman–Crippen LogP) is -5.50. The number of pyridine rings is 1. The van der Waals surface area contributed by atoms with Gasteiger partial charge in [0.2, 0.25) is 5.95 Å². The van der Waals surface area contributed by atoms with Crippen molar-refractivity contribution in [3.63, 3.8) is 0 Å². The summed E-state index contributed by atoms with van der Waals surface area (Å²) in [4.78, 5) is 33.9. The van der Waals surface area contributed by atoms with E-state index >= 15 is 0 Å². The molecule has 40 heavy (non-hydrogen) atoms. The average Bonchev–Trinajstić information content (AvgIpc) is 3.20. The first kappa shape index (κ1) is 28.2. The van der Waals surface area contributed by atoms with Gasteiger partial charge in [0.05, 0.1) is 17.4 Å². The molecule has 1 aliphatic rings. The number of imidazole rings is 1. The Morgan fingerprint density at radius 1 is 0.900 bits per heavy atom. The molecule has 1 aromatic carbocycles. The summed E-state index contributed by atoms with van der Waals surface area (Å²) in [7, 11) is 19.0. The molecule has 5 rings (SSSR count). The highest BCUT2D eigenvalue weighted by atomic mass is 16.5. The van der Waals surface area contributed by atoms with E-state index in [1.165, 1.54) is 0 Å². The Morgan fingerprint density at radius 3 is 2.20 bits per heavy atom. The minimum absolute atomic E-state index is 0.239. The first-order valence-corrected chi connectivity index (χ1v) is 13.6. The highest BCUT2D eigenvalue weighted by Gasteiger charge is 2.58. The standard InChI is InChI=1S/C23H31B8N7O2/c1-11-33-10-16(37(11)2)12-3-4-14-9-34-19(35-15(14)7-12)36-18(39)13-5-6-32-17(8-13)38-20(24,25)22(28,29)40-23(30,31)21(38,26)27/h3-10H,24-31H2,1-2H3,(H,34,35,36,39). The van der Waals surface area contributed by atoms with Crippen molar-refractivity contribution in [1.82, 2.24) is 24.5 Å². The molecule has 1 N–H and O–H groups in total. The average molecular weight is 524 g/mol. The summed E-state index contributed by atoms with van der Waals surface area (Å²) in [6.45, 7) is 1.97. The first-order valence-electron chi connectivity index (χ1n) is 13.6. The Bertz CT molecular complexity index is 1620. The lowest BCUT2D eigenvalue weighted by Crippen LogP contribution is -2.86. The van der Waals surface area contributed by atoms with Gasteiger partial charge in [0.25, 0.3) is 5.91 Å². The van der Waals surface area contributed by atoms with Crippen LogP contribution in [0.2, 0.25) is 0 Å². The van der Waals surface area contributed by atoms with E-state index in [-0.39, 0.29) is 11.9 Å². The second-order valence-corrected chi connectivity index (χ2v) is 12.6. The normalized spacial score (nSPS) is 18.8. The number of morpholine rings is 1. The molecule has 0 unspecified atom stereocenters. The number of carbonyl (C=O) groups is 1. The summed E-state index contributed by atoms with van der Waals surface area (Å²) in [5.41, 5.74) is 3.19. The van der Waals surface area contributed by atoms with E-state index < -0.39 is 21.5 Å². The topological polar surface area (TPSA) is 98.1 Å². The fourth-order valence-electron chi connectivity index (χ4n) is 5.57. The second-order valence-electron chi connectivity index (χ2n) is 12.6. The molecule has 0 atom stereocenters. The molecule has 0 bridgehead atoms. The van der Waals surface area contributed by atoms with Gasteiger partial charge in [-0.2, -0.15) is 0 Å². The SMILES string of the molecule is BC1(B)OC(B)(B)C(B)(B)N(c2cc(C(=O)Nc3ncc4ccc(-c5cnc(C)n5C)cc4n3)ccn2)C1(B)B. The number of hydrogen-bond acceptors (Lipinski definition) is 7. The van der Waals surface area contributed by atoms with Gasteiger partial charge < -0.3 is 14.2 Å². The van der Waals surface area contributed by atoms with Crippen LogP contribution in [0.15, 0.2) is 48.9 Å². The number of ether oxygens (including phenoxy) is 1. The third kappa shape index (κ3) is 4.48. The summed E-state index contributed by atoms with van der Waals surface area (Å²) >= 11 is 0. The number of hydrogen-bond donors (Lipinski definition) is 1. The van der Waals surface area contributed by atoms with Crippen molar-refractivity contribution in [3.8, 4) is 11.3 Å². The Balaban J connectivity index is 1.46. The lowest BCUT2D eigenvalue weighted by molar-refractivity contribution is -0.0256. The second kappa shape index (κ2) is 9.36. The molecule has 17 heteroatoms. The van der Waals surface area contributed by atoms with Crippen LogP contribution in [-0.4, -0.2) is 115 Å². The molecule has 9 nitrogen and oxygen atoms in total. The molecule has 0 radical (unpaired) electrons. The van der Waals surface area contributed by atoms with Gasteiger partial charge in [0.15, 0.2) is 0 Å². The van der Waals surface area contributed by atoms with Gasteiger partial charge in [-0.1, -0.05) is 12.1 Å². The molecular formula is C23H31B8N7O2. The summed E-state index contributed by atoms with van der Waals surface area (Å²) in [5, 5.41) is 1.98. The first-order chi connectivity index (χ1) is 18.5. The van der Waals surface area contributed by atoms with Crippen molar-refractivity contribution in [2.45, 2.75) is 28.4 Å². The Hall–Kier alpha value is -3.33. The minimum atomic E-state index is -0.474. The smallest absolute Gasteiger partial charge is 0.258 e. The van der Waals surface area contributed by atoms with Gasteiger partial charge in [-0.05, 0) is 35.8 Å². The van der Waals surface area contributed by atoms with E-state index in [4.69, 9.17) is 9.72 Å². The maximum Gasteiger partial charge on any atom is 0.258 e. The molecule has 0 aliphatic carbocycles. The summed E-state index contributed by atoms with van der Waals surface area (Å²) in [6.07, 6.45) is 5.24. The van der Waals surface area contributed by atoms with E-state index in [1.807, 2.05) is 49.0 Å². The number of carbonyl (C=O) groups excluding carboxylic acids is 1. The van der Waals surface area contributed by atoms with Crippen molar-refractivity contribution in [2.24, 2.45) is 7.05 Å². The molecular weight excluding hydrogens is 493 g/mol. The molecule has 0 saturated carbocycles. The zero-order valence-corrected chi connectivity index (χ0v) is 25.1. The largest absolute Gasteiger partial charge is 0.402 e. The highest BCUT2D eigenvalue weighted by molar-refractivity contribution is 6.61. The van der Waals surface area contributed by atoms with E-state index in [1.54, 1.807) is 18.5 Å². The fourth-order valence-corrected chi connectivity index (χ4v) is 5.57. The number of aromatic nitrogens is 5. The van der Waals surface area contributed by atoms with Gasteiger partial charge in [-0.15, -0.1) is 0 Å². The number of amides is 1. The quantitative estimate of drug-likeness (QED) is 0.267. The van der Waals surface area contributed by atoms with Crippen molar-refractivity contribution in [3.05, 3.63) is 60.3 Å². The number of fused-ring (bicyclic) bond motifs is 1. The van der Waals surface area contributed by atoms with Crippen LogP contribution in [0.25, 0.3) is 22.2 Å². The maximum atomic E-state index is 13.4. The molecule has 0 spiro atoms. The number of benzene rings is 1. The van der Waals surface area contributed by atoms with E-state index in [0.29, 0.717) is 11.4 Å². The van der Waals surface area contributed by atoms with Crippen molar-refractivity contribution < 1.29 is 9.53 Å². The zero-order chi connectivity index (χ0) is 29.3. The Labute approximate surface area is 242 Å². The zero-order valence-electron chi connectivity index (χ0n) is 25.1. The van der Waals surface area contributed by atoms with Gasteiger partial charge >= 0.3 is 0 Å². The number of rotatable bonds is 4. The van der Waals surface area contributed by atoms with Crippen LogP contribution in [0.5, 0.6) is 0 Å². The lowest BCUT2D eigenvalue weighted by Gasteiger charge is -2.69. The molecule has 1 fully saturated rings. The van der Waals surface area contributed by atoms with Gasteiger partial charge in [0.1, 0.15) is 74.4 Å². The monoisotopic (exact) mass is 525 g/mol. The van der Waals surface area contributed by atoms with Gasteiger partial charge in [0, 0.05) is 46.8 Å². The molecule has 1 aliphatic heterocycles.